The number of H-pyrrole nitrogens is 2. The normalized spacial score (nSPS) is 14.0. The summed E-state index contributed by atoms with van der Waals surface area (Å²) < 4.78 is 17.8. The van der Waals surface area contributed by atoms with Gasteiger partial charge in [0.1, 0.15) is 17.2 Å². The summed E-state index contributed by atoms with van der Waals surface area (Å²) in [4.78, 5) is 48.0. The fourth-order valence-electron chi connectivity index (χ4n) is 4.75. The van der Waals surface area contributed by atoms with Crippen molar-refractivity contribution in [1.29, 1.82) is 0 Å². The molecule has 0 saturated heterocycles. The van der Waals surface area contributed by atoms with E-state index in [9.17, 15) is 18.8 Å². The highest BCUT2D eigenvalue weighted by Crippen LogP contribution is 2.32. The van der Waals surface area contributed by atoms with Crippen LogP contribution in [0, 0.1) is 11.7 Å². The van der Waals surface area contributed by atoms with E-state index in [0.717, 1.165) is 18.4 Å². The number of hydrogen-bond donors (Lipinski definition) is 3. The Kier molecular flexibility index (Phi) is 6.18. The SMILES string of the molecule is Cn1cc(C(=O)Nc2ccc(C(Cc3ccccc3F)c3nc4c([nH]3)c(=O)[nH]c(=O)n4CC3CC3)cc2)cn1. The molecule has 1 saturated carbocycles. The van der Waals surface area contributed by atoms with Gasteiger partial charge in [-0.1, -0.05) is 30.3 Å². The lowest BCUT2D eigenvalue weighted by molar-refractivity contribution is 0.102. The summed E-state index contributed by atoms with van der Waals surface area (Å²) in [6.07, 6.45) is 5.44. The number of nitrogens with zero attached hydrogens (tertiary/aromatic N) is 4. The van der Waals surface area contributed by atoms with Crippen molar-refractivity contribution < 1.29 is 9.18 Å². The molecule has 1 aliphatic carbocycles. The van der Waals surface area contributed by atoms with Gasteiger partial charge < -0.3 is 10.3 Å². The molecule has 1 aliphatic rings. The number of rotatable bonds is 8. The van der Waals surface area contributed by atoms with Gasteiger partial charge in [0, 0.05) is 31.4 Å². The van der Waals surface area contributed by atoms with E-state index in [2.05, 4.69) is 20.4 Å². The van der Waals surface area contributed by atoms with Gasteiger partial charge in [-0.05, 0) is 54.5 Å². The second kappa shape index (κ2) is 9.82. The van der Waals surface area contributed by atoms with E-state index in [1.165, 1.54) is 16.8 Å². The summed E-state index contributed by atoms with van der Waals surface area (Å²) in [5.41, 5.74) is 1.77. The molecule has 11 heteroatoms. The minimum absolute atomic E-state index is 0.212. The number of halogens is 1. The predicted molar refractivity (Wildman–Crippen MR) is 143 cm³/mol. The van der Waals surface area contributed by atoms with Gasteiger partial charge in [0.2, 0.25) is 0 Å². The number of hydrogen-bond acceptors (Lipinski definition) is 5. The fourth-order valence-corrected chi connectivity index (χ4v) is 4.75. The van der Waals surface area contributed by atoms with E-state index in [1.807, 2.05) is 12.1 Å². The molecule has 1 unspecified atom stereocenters. The Morgan fingerprint density at radius 3 is 2.59 bits per heavy atom. The largest absolute Gasteiger partial charge is 0.336 e. The molecule has 0 spiro atoms. The Balaban J connectivity index is 1.38. The summed E-state index contributed by atoms with van der Waals surface area (Å²) in [7, 11) is 1.73. The average Bonchev–Trinajstić information content (AvgIpc) is 3.45. The zero-order valence-electron chi connectivity index (χ0n) is 21.1. The third kappa shape index (κ3) is 5.02. The summed E-state index contributed by atoms with van der Waals surface area (Å²) in [6, 6.07) is 13.7. The summed E-state index contributed by atoms with van der Waals surface area (Å²) >= 11 is 0. The molecule has 5 aromatic rings. The maximum absolute atomic E-state index is 14.7. The first-order valence-corrected chi connectivity index (χ1v) is 12.7. The monoisotopic (exact) mass is 527 g/mol. The van der Waals surface area contributed by atoms with E-state index >= 15 is 0 Å². The lowest BCUT2D eigenvalue weighted by atomic mass is 9.91. The molecule has 1 fully saturated rings. The van der Waals surface area contributed by atoms with Gasteiger partial charge in [-0.15, -0.1) is 0 Å². The molecular weight excluding hydrogens is 501 g/mol. The van der Waals surface area contributed by atoms with Crippen molar-refractivity contribution in [3.8, 4) is 0 Å². The van der Waals surface area contributed by atoms with Crippen LogP contribution >= 0.6 is 0 Å². The number of benzene rings is 2. The number of fused-ring (bicyclic) bond motifs is 1. The number of nitrogens with one attached hydrogen (secondary N) is 3. The predicted octanol–water partition coefficient (Wildman–Crippen LogP) is 3.32. The van der Waals surface area contributed by atoms with E-state index in [-0.39, 0.29) is 23.7 Å². The van der Waals surface area contributed by atoms with Crippen molar-refractivity contribution in [3.63, 3.8) is 0 Å². The first kappa shape index (κ1) is 24.5. The standard InChI is InChI=1S/C28H26FN7O3/c1-35-15-19(13-30-35)26(37)31-20-10-8-17(9-11-20)21(12-18-4-2-3-5-22(18)29)24-32-23-25(33-24)36(14-16-6-7-16)28(39)34-27(23)38/h2-5,8-11,13,15-16,21H,6-7,12,14H2,1H3,(H,31,37)(H,32,33)(H,34,38,39). The third-order valence-electron chi connectivity index (χ3n) is 7.04. The van der Waals surface area contributed by atoms with E-state index in [0.29, 0.717) is 40.7 Å². The smallest absolute Gasteiger partial charge is 0.330 e. The van der Waals surface area contributed by atoms with Gasteiger partial charge in [-0.2, -0.15) is 5.10 Å². The van der Waals surface area contributed by atoms with Gasteiger partial charge in [0.15, 0.2) is 5.65 Å². The van der Waals surface area contributed by atoms with Crippen LogP contribution in [0.5, 0.6) is 0 Å². The Labute approximate surface area is 221 Å². The Morgan fingerprint density at radius 2 is 1.90 bits per heavy atom. The minimum Gasteiger partial charge on any atom is -0.336 e. The number of aryl methyl sites for hydroxylation is 1. The van der Waals surface area contributed by atoms with Crippen molar-refractivity contribution in [2.45, 2.75) is 31.7 Å². The van der Waals surface area contributed by atoms with Crippen LogP contribution < -0.4 is 16.6 Å². The second-order valence-electron chi connectivity index (χ2n) is 9.96. The van der Waals surface area contributed by atoms with Gasteiger partial charge in [0.05, 0.1) is 11.8 Å². The fraction of sp³-hybridized carbons (Fsp3) is 0.250. The highest BCUT2D eigenvalue weighted by atomic mass is 19.1. The highest BCUT2D eigenvalue weighted by molar-refractivity contribution is 6.03. The van der Waals surface area contributed by atoms with Crippen molar-refractivity contribution in [1.82, 2.24) is 29.3 Å². The van der Waals surface area contributed by atoms with E-state index in [4.69, 9.17) is 4.98 Å². The lowest BCUT2D eigenvalue weighted by Gasteiger charge is -2.16. The van der Waals surface area contributed by atoms with Crippen LogP contribution in [0.3, 0.4) is 0 Å². The molecular formula is C28H26FN7O3. The molecule has 6 rings (SSSR count). The Morgan fingerprint density at radius 1 is 1.13 bits per heavy atom. The average molecular weight is 528 g/mol. The van der Waals surface area contributed by atoms with Crippen LogP contribution in [-0.2, 0) is 20.0 Å². The molecule has 2 aromatic carbocycles. The first-order valence-electron chi connectivity index (χ1n) is 12.7. The van der Waals surface area contributed by atoms with Crippen molar-refractivity contribution in [3.05, 3.63) is 110 Å². The maximum Gasteiger partial charge on any atom is 0.330 e. The summed E-state index contributed by atoms with van der Waals surface area (Å²) in [5, 5.41) is 6.86. The van der Waals surface area contributed by atoms with E-state index in [1.54, 1.807) is 48.3 Å². The van der Waals surface area contributed by atoms with Crippen LogP contribution in [-0.4, -0.2) is 35.2 Å². The van der Waals surface area contributed by atoms with Crippen molar-refractivity contribution >= 4 is 22.8 Å². The van der Waals surface area contributed by atoms with Crippen molar-refractivity contribution in [2.24, 2.45) is 13.0 Å². The first-order chi connectivity index (χ1) is 18.9. The van der Waals surface area contributed by atoms with Gasteiger partial charge >= 0.3 is 5.69 Å². The molecule has 39 heavy (non-hydrogen) atoms. The quantitative estimate of drug-likeness (QED) is 0.285. The minimum atomic E-state index is -0.543. The summed E-state index contributed by atoms with van der Waals surface area (Å²) in [6.45, 7) is 0.486. The molecule has 10 nitrogen and oxygen atoms in total. The second-order valence-corrected chi connectivity index (χ2v) is 9.96. The molecule has 3 aromatic heterocycles. The van der Waals surface area contributed by atoms with Gasteiger partial charge in [0.25, 0.3) is 11.5 Å². The van der Waals surface area contributed by atoms with Crippen LogP contribution in [0.4, 0.5) is 10.1 Å². The summed E-state index contributed by atoms with van der Waals surface area (Å²) in [5.74, 6) is -0.255. The number of carbonyl (C=O) groups is 1. The number of imidazole rings is 1. The zero-order chi connectivity index (χ0) is 27.1. The molecule has 198 valence electrons. The number of aromatic nitrogens is 6. The number of aromatic amines is 2. The van der Waals surface area contributed by atoms with Crippen LogP contribution in [0.2, 0.25) is 0 Å². The molecule has 0 aliphatic heterocycles. The molecule has 0 bridgehead atoms. The van der Waals surface area contributed by atoms with Crippen LogP contribution in [0.15, 0.2) is 70.5 Å². The molecule has 3 heterocycles. The number of amides is 1. The Bertz CT molecular complexity index is 1790. The van der Waals surface area contributed by atoms with Crippen LogP contribution in [0.25, 0.3) is 11.2 Å². The number of anilines is 1. The molecule has 0 radical (unpaired) electrons. The molecule has 1 atom stereocenters. The van der Waals surface area contributed by atoms with Crippen LogP contribution in [0.1, 0.15) is 46.1 Å². The van der Waals surface area contributed by atoms with E-state index < -0.39 is 17.2 Å². The topological polar surface area (TPSA) is 130 Å². The maximum atomic E-state index is 14.7. The third-order valence-corrected chi connectivity index (χ3v) is 7.04. The lowest BCUT2D eigenvalue weighted by Crippen LogP contribution is -2.30. The highest BCUT2D eigenvalue weighted by Gasteiger charge is 2.26. The molecule has 1 amide bonds. The van der Waals surface area contributed by atoms with Gasteiger partial charge in [-0.25, -0.2) is 14.2 Å². The zero-order valence-corrected chi connectivity index (χ0v) is 21.1. The van der Waals surface area contributed by atoms with Crippen molar-refractivity contribution in [2.75, 3.05) is 5.32 Å². The molecule has 3 N–H and O–H groups in total. The van der Waals surface area contributed by atoms with Gasteiger partial charge in [-0.3, -0.25) is 23.8 Å². The Hall–Kier alpha value is -4.80. The number of carbonyl (C=O) groups excluding carboxylic acids is 1.